The van der Waals surface area contributed by atoms with Gasteiger partial charge in [-0.2, -0.15) is 0 Å². The predicted octanol–water partition coefficient (Wildman–Crippen LogP) is 1.60. The van der Waals surface area contributed by atoms with Gasteiger partial charge in [0.1, 0.15) is 0 Å². The molecule has 1 heterocycles. The second kappa shape index (κ2) is 4.23. The van der Waals surface area contributed by atoms with E-state index in [1.54, 1.807) is 0 Å². The van der Waals surface area contributed by atoms with Crippen LogP contribution in [0.3, 0.4) is 0 Å². The summed E-state index contributed by atoms with van der Waals surface area (Å²) in [5.74, 6) is 0.130. The Morgan fingerprint density at radius 1 is 1.26 bits per heavy atom. The number of hydrogen-bond acceptors (Lipinski definition) is 3. The van der Waals surface area contributed by atoms with Gasteiger partial charge >= 0.3 is 0 Å². The van der Waals surface area contributed by atoms with Gasteiger partial charge in [0, 0.05) is 12.3 Å². The molecule has 0 bridgehead atoms. The number of nitrogens with one attached hydrogen (secondary N) is 1. The number of hydrogen-bond donors (Lipinski definition) is 2. The fourth-order valence-electron chi connectivity index (χ4n) is 2.73. The Hall–Kier alpha value is -1.55. The van der Waals surface area contributed by atoms with Crippen LogP contribution in [0.5, 0.6) is 0 Å². The molecule has 4 nitrogen and oxygen atoms in total. The molecule has 1 aromatic rings. The van der Waals surface area contributed by atoms with Gasteiger partial charge in [-0.3, -0.25) is 4.79 Å². The first-order valence-electron chi connectivity index (χ1n) is 6.81. The Morgan fingerprint density at radius 3 is 2.47 bits per heavy atom. The van der Waals surface area contributed by atoms with Crippen LogP contribution in [0.1, 0.15) is 31.7 Å². The summed E-state index contributed by atoms with van der Waals surface area (Å²) in [6.07, 6.45) is 2.72. The van der Waals surface area contributed by atoms with Crippen LogP contribution in [0.25, 0.3) is 0 Å². The zero-order chi connectivity index (χ0) is 13.5. The van der Waals surface area contributed by atoms with Crippen LogP contribution in [0, 0.1) is 0 Å². The monoisotopic (exact) mass is 260 g/mol. The molecule has 0 radical (unpaired) electrons. The minimum Gasteiger partial charge on any atom is -0.399 e. The number of carbonyl (C=O) groups excluding carboxylic acids is 1. The lowest BCUT2D eigenvalue weighted by atomic mass is 9.92. The largest absolute Gasteiger partial charge is 0.399 e. The quantitative estimate of drug-likeness (QED) is 0.811. The van der Waals surface area contributed by atoms with Gasteiger partial charge in [0.2, 0.25) is 5.91 Å². The van der Waals surface area contributed by atoms with Crippen LogP contribution in [-0.4, -0.2) is 24.7 Å². The van der Waals surface area contributed by atoms with Crippen molar-refractivity contribution in [2.24, 2.45) is 0 Å². The van der Waals surface area contributed by atoms with Crippen LogP contribution in [0.15, 0.2) is 24.3 Å². The van der Waals surface area contributed by atoms with Crippen molar-refractivity contribution in [1.82, 2.24) is 5.32 Å². The molecule has 1 amide bonds. The average Bonchev–Trinajstić information content (AvgIpc) is 3.09. The first kappa shape index (κ1) is 12.5. The van der Waals surface area contributed by atoms with Gasteiger partial charge in [-0.1, -0.05) is 12.1 Å². The van der Waals surface area contributed by atoms with Crippen molar-refractivity contribution in [3.63, 3.8) is 0 Å². The molecule has 4 heteroatoms. The number of nitrogens with two attached hydrogens (primary N) is 1. The Morgan fingerprint density at radius 2 is 1.95 bits per heavy atom. The summed E-state index contributed by atoms with van der Waals surface area (Å²) < 4.78 is 5.38. The predicted molar refractivity (Wildman–Crippen MR) is 73.8 cm³/mol. The number of carbonyl (C=O) groups is 1. The second-order valence-electron chi connectivity index (χ2n) is 6.02. The molecular formula is C15H20N2O2. The lowest BCUT2D eigenvalue weighted by Crippen LogP contribution is -2.50. The Bertz CT molecular complexity index is 485. The number of nitrogen functional groups attached to an aromatic ring is 1. The van der Waals surface area contributed by atoms with Crippen molar-refractivity contribution in [3.05, 3.63) is 29.8 Å². The summed E-state index contributed by atoms with van der Waals surface area (Å²) in [6, 6.07) is 7.66. The van der Waals surface area contributed by atoms with Crippen molar-refractivity contribution >= 4 is 11.6 Å². The average molecular weight is 260 g/mol. The zero-order valence-corrected chi connectivity index (χ0v) is 11.2. The van der Waals surface area contributed by atoms with Crippen molar-refractivity contribution in [1.29, 1.82) is 0 Å². The molecule has 2 fully saturated rings. The highest BCUT2D eigenvalue weighted by Gasteiger charge is 2.52. The van der Waals surface area contributed by atoms with Crippen LogP contribution in [0.4, 0.5) is 5.69 Å². The number of ether oxygens (including phenoxy) is 1. The molecule has 1 saturated heterocycles. The fourth-order valence-corrected chi connectivity index (χ4v) is 2.73. The second-order valence-corrected chi connectivity index (χ2v) is 6.02. The van der Waals surface area contributed by atoms with Crippen LogP contribution < -0.4 is 11.1 Å². The normalized spacial score (nSPS) is 28.1. The Kier molecular flexibility index (Phi) is 2.78. The van der Waals surface area contributed by atoms with Gasteiger partial charge in [0.05, 0.1) is 17.6 Å². The van der Waals surface area contributed by atoms with Gasteiger partial charge in [0.25, 0.3) is 0 Å². The van der Waals surface area contributed by atoms with Crippen molar-refractivity contribution in [3.8, 4) is 0 Å². The highest BCUT2D eigenvalue weighted by Crippen LogP contribution is 2.49. The summed E-state index contributed by atoms with van der Waals surface area (Å²) in [5, 5.41) is 3.18. The molecule has 0 spiro atoms. The van der Waals surface area contributed by atoms with E-state index in [2.05, 4.69) is 12.2 Å². The Labute approximate surface area is 113 Å². The molecule has 1 saturated carbocycles. The van der Waals surface area contributed by atoms with E-state index in [-0.39, 0.29) is 16.9 Å². The highest BCUT2D eigenvalue weighted by molar-refractivity contribution is 5.91. The topological polar surface area (TPSA) is 64.4 Å². The minimum absolute atomic E-state index is 0.130. The van der Waals surface area contributed by atoms with Crippen LogP contribution in [-0.2, 0) is 14.9 Å². The highest BCUT2D eigenvalue weighted by atomic mass is 16.5. The molecule has 1 aliphatic heterocycles. The third-order valence-electron chi connectivity index (χ3n) is 4.28. The van der Waals surface area contributed by atoms with E-state index in [4.69, 9.17) is 10.5 Å². The van der Waals surface area contributed by atoms with Gasteiger partial charge in [-0.15, -0.1) is 0 Å². The molecule has 3 rings (SSSR count). The third-order valence-corrected chi connectivity index (χ3v) is 4.28. The van der Waals surface area contributed by atoms with Gasteiger partial charge in [-0.25, -0.2) is 0 Å². The van der Waals surface area contributed by atoms with E-state index < -0.39 is 0 Å². The number of benzene rings is 1. The summed E-state index contributed by atoms with van der Waals surface area (Å²) in [5.41, 5.74) is 6.96. The van der Waals surface area contributed by atoms with E-state index in [1.807, 2.05) is 24.3 Å². The molecule has 19 heavy (non-hydrogen) atoms. The molecular weight excluding hydrogens is 240 g/mol. The zero-order valence-electron chi connectivity index (χ0n) is 11.2. The molecule has 1 atom stereocenters. The molecule has 102 valence electrons. The van der Waals surface area contributed by atoms with Gasteiger partial charge < -0.3 is 15.8 Å². The number of anilines is 1. The molecule has 1 aliphatic carbocycles. The van der Waals surface area contributed by atoms with E-state index in [1.165, 1.54) is 0 Å². The summed E-state index contributed by atoms with van der Waals surface area (Å²) in [7, 11) is 0. The SMILES string of the molecule is CC1(NC(=O)C2(c3ccc(N)cc3)CC2)CCOC1. The maximum atomic E-state index is 12.6. The summed E-state index contributed by atoms with van der Waals surface area (Å²) in [4.78, 5) is 12.6. The summed E-state index contributed by atoms with van der Waals surface area (Å²) in [6.45, 7) is 3.39. The lowest BCUT2D eigenvalue weighted by molar-refractivity contribution is -0.125. The van der Waals surface area contributed by atoms with E-state index in [0.717, 1.165) is 37.1 Å². The maximum Gasteiger partial charge on any atom is 0.231 e. The van der Waals surface area contributed by atoms with E-state index in [0.29, 0.717) is 6.61 Å². The minimum atomic E-state index is -0.334. The maximum absolute atomic E-state index is 12.6. The molecule has 3 N–H and O–H groups in total. The van der Waals surface area contributed by atoms with Crippen molar-refractivity contribution in [2.45, 2.75) is 37.1 Å². The van der Waals surface area contributed by atoms with Crippen LogP contribution in [0.2, 0.25) is 0 Å². The standard InChI is InChI=1S/C15H20N2O2/c1-14(8-9-19-10-14)17-13(18)15(6-7-15)11-2-4-12(16)5-3-11/h2-5H,6-10,16H2,1H3,(H,17,18). The first-order chi connectivity index (χ1) is 9.04. The van der Waals surface area contributed by atoms with Gasteiger partial charge in [0.15, 0.2) is 0 Å². The lowest BCUT2D eigenvalue weighted by Gasteiger charge is -2.27. The van der Waals surface area contributed by atoms with Gasteiger partial charge in [-0.05, 0) is 43.9 Å². The summed E-state index contributed by atoms with van der Waals surface area (Å²) >= 11 is 0. The smallest absolute Gasteiger partial charge is 0.231 e. The van der Waals surface area contributed by atoms with Crippen molar-refractivity contribution < 1.29 is 9.53 Å². The molecule has 0 aromatic heterocycles. The van der Waals surface area contributed by atoms with Crippen LogP contribution >= 0.6 is 0 Å². The van der Waals surface area contributed by atoms with E-state index >= 15 is 0 Å². The number of amides is 1. The third kappa shape index (κ3) is 2.21. The fraction of sp³-hybridized carbons (Fsp3) is 0.533. The first-order valence-corrected chi connectivity index (χ1v) is 6.81. The molecule has 1 aromatic carbocycles. The number of rotatable bonds is 3. The van der Waals surface area contributed by atoms with E-state index in [9.17, 15) is 4.79 Å². The van der Waals surface area contributed by atoms with Crippen molar-refractivity contribution in [2.75, 3.05) is 18.9 Å². The molecule has 2 aliphatic rings. The molecule has 1 unspecified atom stereocenters. The Balaban J connectivity index is 1.77.